The van der Waals surface area contributed by atoms with Crippen molar-refractivity contribution in [3.05, 3.63) is 253 Å². The average Bonchev–Trinajstić information content (AvgIpc) is 4.09. The molecule has 14 rings (SSSR count). The summed E-state index contributed by atoms with van der Waals surface area (Å²) in [5, 5.41) is 14.4. The Morgan fingerprint density at radius 1 is 0.377 bits per heavy atom. The molecule has 4 heterocycles. The molecule has 0 bridgehead atoms. The molecule has 326 valence electrons. The smallest absolute Gasteiger partial charge is 0.160 e. The van der Waals surface area contributed by atoms with Crippen molar-refractivity contribution in [2.24, 2.45) is 4.99 Å². The van der Waals surface area contributed by atoms with E-state index in [2.05, 4.69) is 250 Å². The van der Waals surface area contributed by atoms with Gasteiger partial charge in [0.05, 0.1) is 33.4 Å². The maximum atomic E-state index is 7.52. The first-order valence-corrected chi connectivity index (χ1v) is 23.6. The van der Waals surface area contributed by atoms with E-state index in [1.165, 1.54) is 32.7 Å². The van der Waals surface area contributed by atoms with Crippen LogP contribution in [0.15, 0.2) is 246 Å². The van der Waals surface area contributed by atoms with Gasteiger partial charge in [-0.15, -0.1) is 0 Å². The maximum absolute atomic E-state index is 7.52. The van der Waals surface area contributed by atoms with Gasteiger partial charge in [0.25, 0.3) is 0 Å². The van der Waals surface area contributed by atoms with Gasteiger partial charge in [-0.1, -0.05) is 194 Å². The van der Waals surface area contributed by atoms with Gasteiger partial charge in [0.1, 0.15) is 18.2 Å². The monoisotopic (exact) mass is 885 g/mol. The Hall–Kier alpha value is -8.97. The highest BCUT2D eigenvalue weighted by molar-refractivity contribution is 6.17. The first-order chi connectivity index (χ1) is 34.2. The predicted octanol–water partition coefficient (Wildman–Crippen LogP) is 15.5. The van der Waals surface area contributed by atoms with Gasteiger partial charge in [-0.2, -0.15) is 0 Å². The third kappa shape index (κ3) is 6.34. The standard InChI is InChI=1S/C63H43N5O/c1-4-18-40(19-5-1)43-34-35-50-49-28-10-13-30-53(49)67(57(50)39-43)56-33-17-29-51-52-37-36-46(58(60(52)69-59(51)56)68-54-31-14-11-26-47(54)48-27-12-15-32-55(48)68)44-24-16-25-45(38-44)63-65-61(41-20-6-2-7-21-41)64-62(66-63)42-22-8-3-9-23-42/h1-39,61-62,64H,(H,65,66). The fourth-order valence-electron chi connectivity index (χ4n) is 10.8. The zero-order chi connectivity index (χ0) is 45.4. The number of nitrogens with zero attached hydrogens (tertiary/aromatic N) is 3. The summed E-state index contributed by atoms with van der Waals surface area (Å²) in [5.74, 6) is 0.827. The highest BCUT2D eigenvalue weighted by atomic mass is 16.3. The summed E-state index contributed by atoms with van der Waals surface area (Å²) in [6.45, 7) is 0. The highest BCUT2D eigenvalue weighted by Crippen LogP contribution is 2.45. The molecule has 2 atom stereocenters. The van der Waals surface area contributed by atoms with E-state index < -0.39 is 0 Å². The number of aromatic nitrogens is 2. The Labute approximate surface area is 398 Å². The van der Waals surface area contributed by atoms with Crippen molar-refractivity contribution in [3.8, 4) is 33.6 Å². The van der Waals surface area contributed by atoms with Gasteiger partial charge >= 0.3 is 0 Å². The minimum Gasteiger partial charge on any atom is -0.452 e. The zero-order valence-electron chi connectivity index (χ0n) is 37.4. The number of amidine groups is 1. The van der Waals surface area contributed by atoms with Crippen LogP contribution in [0.3, 0.4) is 0 Å². The number of aliphatic imine (C=N–C) groups is 1. The zero-order valence-corrected chi connectivity index (χ0v) is 37.4. The lowest BCUT2D eigenvalue weighted by atomic mass is 9.98. The van der Waals surface area contributed by atoms with Gasteiger partial charge in [0, 0.05) is 43.4 Å². The van der Waals surface area contributed by atoms with E-state index >= 15 is 0 Å². The summed E-state index contributed by atoms with van der Waals surface area (Å²) >= 11 is 0. The van der Waals surface area contributed by atoms with Crippen LogP contribution in [-0.4, -0.2) is 15.0 Å². The van der Waals surface area contributed by atoms with Gasteiger partial charge in [-0.05, 0) is 70.3 Å². The third-order valence-corrected chi connectivity index (χ3v) is 14.0. The molecular weight excluding hydrogens is 843 g/mol. The summed E-state index contributed by atoms with van der Waals surface area (Å²) in [5.41, 5.74) is 15.8. The quantitative estimate of drug-likeness (QED) is 0.168. The Bertz CT molecular complexity index is 4090. The molecule has 6 heteroatoms. The lowest BCUT2D eigenvalue weighted by Gasteiger charge is -2.32. The Kier molecular flexibility index (Phi) is 9.00. The molecule has 0 amide bonds. The highest BCUT2D eigenvalue weighted by Gasteiger charge is 2.27. The van der Waals surface area contributed by atoms with E-state index in [0.717, 1.165) is 89.0 Å². The first-order valence-electron chi connectivity index (χ1n) is 23.6. The molecule has 69 heavy (non-hydrogen) atoms. The summed E-state index contributed by atoms with van der Waals surface area (Å²) < 4.78 is 12.3. The molecule has 2 unspecified atom stereocenters. The van der Waals surface area contributed by atoms with Gasteiger partial charge in [0.2, 0.25) is 0 Å². The molecule has 3 aromatic heterocycles. The number of nitrogens with one attached hydrogen (secondary N) is 2. The Morgan fingerprint density at radius 3 is 1.62 bits per heavy atom. The number of fused-ring (bicyclic) bond motifs is 9. The van der Waals surface area contributed by atoms with Crippen molar-refractivity contribution in [2.45, 2.75) is 12.3 Å². The van der Waals surface area contributed by atoms with E-state index in [4.69, 9.17) is 9.41 Å². The van der Waals surface area contributed by atoms with Crippen LogP contribution >= 0.6 is 0 Å². The first kappa shape index (κ1) is 39.2. The summed E-state index contributed by atoms with van der Waals surface area (Å²) in [6.07, 6.45) is -0.397. The van der Waals surface area contributed by atoms with E-state index in [0.29, 0.717) is 0 Å². The van der Waals surface area contributed by atoms with Crippen molar-refractivity contribution >= 4 is 71.4 Å². The summed E-state index contributed by atoms with van der Waals surface area (Å²) in [6, 6.07) is 84.5. The molecule has 0 saturated heterocycles. The van der Waals surface area contributed by atoms with E-state index in [-0.39, 0.29) is 12.3 Å². The van der Waals surface area contributed by atoms with Crippen LogP contribution in [0.25, 0.3) is 99.2 Å². The average molecular weight is 886 g/mol. The molecular formula is C63H43N5O. The van der Waals surface area contributed by atoms with Crippen LogP contribution in [-0.2, 0) is 0 Å². The predicted molar refractivity (Wildman–Crippen MR) is 284 cm³/mol. The molecule has 13 aromatic rings. The van der Waals surface area contributed by atoms with Gasteiger partial charge in [-0.25, -0.2) is 4.99 Å². The fourth-order valence-corrected chi connectivity index (χ4v) is 10.8. The van der Waals surface area contributed by atoms with Crippen LogP contribution in [0.2, 0.25) is 0 Å². The van der Waals surface area contributed by atoms with Crippen molar-refractivity contribution in [1.82, 2.24) is 19.8 Å². The molecule has 6 nitrogen and oxygen atoms in total. The Morgan fingerprint density at radius 2 is 0.913 bits per heavy atom. The van der Waals surface area contributed by atoms with E-state index in [1.54, 1.807) is 0 Å². The van der Waals surface area contributed by atoms with Crippen LogP contribution in [0, 0.1) is 0 Å². The molecule has 0 spiro atoms. The molecule has 0 saturated carbocycles. The topological polar surface area (TPSA) is 59.4 Å². The second-order valence-electron chi connectivity index (χ2n) is 17.9. The molecule has 0 fully saturated rings. The van der Waals surface area contributed by atoms with Crippen LogP contribution < -0.4 is 10.6 Å². The molecule has 0 radical (unpaired) electrons. The maximum Gasteiger partial charge on any atom is 0.160 e. The summed E-state index contributed by atoms with van der Waals surface area (Å²) in [4.78, 5) is 5.33. The molecule has 1 aliphatic heterocycles. The lowest BCUT2D eigenvalue weighted by molar-refractivity contribution is 0.409. The number of furan rings is 1. The normalized spacial score (nSPS) is 15.1. The molecule has 2 N–H and O–H groups in total. The Balaban J connectivity index is 1.01. The number of benzene rings is 10. The van der Waals surface area contributed by atoms with Gasteiger partial charge < -0.3 is 18.9 Å². The number of hydrogen-bond donors (Lipinski definition) is 2. The van der Waals surface area contributed by atoms with Crippen molar-refractivity contribution < 1.29 is 4.42 Å². The van der Waals surface area contributed by atoms with E-state index in [9.17, 15) is 0 Å². The van der Waals surface area contributed by atoms with Crippen LogP contribution in [0.4, 0.5) is 0 Å². The number of rotatable bonds is 7. The van der Waals surface area contributed by atoms with Crippen molar-refractivity contribution in [1.29, 1.82) is 0 Å². The number of hydrogen-bond acceptors (Lipinski definition) is 4. The van der Waals surface area contributed by atoms with Gasteiger partial charge in [-0.3, -0.25) is 5.32 Å². The van der Waals surface area contributed by atoms with Crippen molar-refractivity contribution in [2.75, 3.05) is 0 Å². The van der Waals surface area contributed by atoms with E-state index in [1.807, 2.05) is 6.07 Å². The SMILES string of the molecule is c1ccc(-c2ccc3c4ccccc4n(-c4cccc5c4oc4c(-n6c7ccccc7c7ccccc76)c(-c6cccc(C7=NC(c8ccccc8)NC(c8ccccc8)N7)c6)ccc45)c3c2)cc1. The summed E-state index contributed by atoms with van der Waals surface area (Å²) in [7, 11) is 0. The number of para-hydroxylation sites is 4. The van der Waals surface area contributed by atoms with Gasteiger partial charge in [0.15, 0.2) is 11.2 Å². The lowest BCUT2D eigenvalue weighted by Crippen LogP contribution is -2.44. The molecule has 10 aromatic carbocycles. The molecule has 0 aliphatic carbocycles. The van der Waals surface area contributed by atoms with Crippen LogP contribution in [0.5, 0.6) is 0 Å². The molecule has 1 aliphatic rings. The van der Waals surface area contributed by atoms with Crippen LogP contribution in [0.1, 0.15) is 29.0 Å². The second-order valence-corrected chi connectivity index (χ2v) is 17.9. The minimum absolute atomic E-state index is 0.152. The minimum atomic E-state index is -0.245. The fraction of sp³-hybridized carbons (Fsp3) is 0.0317. The second kappa shape index (κ2) is 15.8. The van der Waals surface area contributed by atoms with Crippen molar-refractivity contribution in [3.63, 3.8) is 0 Å². The largest absolute Gasteiger partial charge is 0.452 e. The third-order valence-electron chi connectivity index (χ3n) is 14.0.